The predicted octanol–water partition coefficient (Wildman–Crippen LogP) is 3.91. The van der Waals surface area contributed by atoms with Crippen LogP contribution in [0.3, 0.4) is 0 Å². The molecule has 4 heteroatoms. The van der Waals surface area contributed by atoms with E-state index in [1.165, 1.54) is 0 Å². The third-order valence-corrected chi connectivity index (χ3v) is 3.85. The molecular weight excluding hydrogens is 275 g/mol. The van der Waals surface area contributed by atoms with Gasteiger partial charge in [-0.25, -0.2) is 0 Å². The summed E-state index contributed by atoms with van der Waals surface area (Å²) in [4.78, 5) is 3.32. The number of aryl methyl sites for hydroxylation is 1. The molecule has 0 aliphatic heterocycles. The minimum absolute atomic E-state index is 0.0232. The molecule has 1 unspecified atom stereocenters. The molecule has 1 heterocycles. The molecule has 15 heavy (non-hydrogen) atoms. The van der Waals surface area contributed by atoms with Crippen LogP contribution >= 0.6 is 27.5 Å². The number of aromatic amines is 1. The van der Waals surface area contributed by atoms with E-state index in [0.717, 1.165) is 31.7 Å². The zero-order valence-electron chi connectivity index (χ0n) is 8.57. The fourth-order valence-corrected chi connectivity index (χ4v) is 2.63. The Hall–Kier alpha value is -0.510. The smallest absolute Gasteiger partial charge is 0.0512 e. The van der Waals surface area contributed by atoms with Gasteiger partial charge in [0.2, 0.25) is 0 Å². The molecule has 1 aromatic heterocycles. The molecule has 0 saturated heterocycles. The number of aromatic nitrogens is 1. The maximum Gasteiger partial charge on any atom is 0.0512 e. The number of hydrogen-bond donors (Lipinski definition) is 2. The van der Waals surface area contributed by atoms with E-state index in [2.05, 4.69) is 20.9 Å². The van der Waals surface area contributed by atoms with Crippen LogP contribution in [0.1, 0.15) is 24.2 Å². The van der Waals surface area contributed by atoms with Gasteiger partial charge in [0.1, 0.15) is 0 Å². The van der Waals surface area contributed by atoms with Gasteiger partial charge < -0.3 is 10.7 Å². The maximum atomic E-state index is 6.06. The number of halogens is 2. The largest absolute Gasteiger partial charge is 0.356 e. The second-order valence-corrected chi connectivity index (χ2v) is 4.94. The monoisotopic (exact) mass is 286 g/mol. The van der Waals surface area contributed by atoms with Gasteiger partial charge in [-0.2, -0.15) is 0 Å². The molecule has 2 aromatic rings. The molecule has 0 amide bonds. The molecule has 0 spiro atoms. The van der Waals surface area contributed by atoms with Crippen LogP contribution in [0.5, 0.6) is 0 Å². The number of nitrogens with two attached hydrogens (primary N) is 1. The van der Waals surface area contributed by atoms with E-state index >= 15 is 0 Å². The van der Waals surface area contributed by atoms with Crippen molar-refractivity contribution in [1.29, 1.82) is 0 Å². The van der Waals surface area contributed by atoms with Gasteiger partial charge in [-0.1, -0.05) is 17.7 Å². The Morgan fingerprint density at radius 1 is 1.47 bits per heavy atom. The molecule has 0 bridgehead atoms. The van der Waals surface area contributed by atoms with E-state index in [-0.39, 0.29) is 6.04 Å². The Bertz CT molecular complexity index is 517. The SMILES string of the molecule is Cc1c(Cl)ccc2c(Br)c(C(C)N)[nH]c12. The molecule has 0 aliphatic carbocycles. The molecule has 80 valence electrons. The van der Waals surface area contributed by atoms with Crippen LogP contribution in [0.4, 0.5) is 0 Å². The van der Waals surface area contributed by atoms with Crippen LogP contribution in [0.15, 0.2) is 16.6 Å². The van der Waals surface area contributed by atoms with Crippen molar-refractivity contribution in [2.24, 2.45) is 5.73 Å². The highest BCUT2D eigenvalue weighted by Crippen LogP contribution is 2.34. The first-order chi connectivity index (χ1) is 7.02. The van der Waals surface area contributed by atoms with Gasteiger partial charge >= 0.3 is 0 Å². The van der Waals surface area contributed by atoms with Crippen LogP contribution in [0.2, 0.25) is 5.02 Å². The van der Waals surface area contributed by atoms with Crippen molar-refractivity contribution in [3.63, 3.8) is 0 Å². The zero-order chi connectivity index (χ0) is 11.2. The summed E-state index contributed by atoms with van der Waals surface area (Å²) in [6, 6.07) is 3.88. The summed E-state index contributed by atoms with van der Waals surface area (Å²) in [5.74, 6) is 0. The van der Waals surface area contributed by atoms with Gasteiger partial charge in [0.25, 0.3) is 0 Å². The van der Waals surface area contributed by atoms with Crippen LogP contribution in [-0.2, 0) is 0 Å². The number of fused-ring (bicyclic) bond motifs is 1. The van der Waals surface area contributed by atoms with Gasteiger partial charge in [0.15, 0.2) is 0 Å². The van der Waals surface area contributed by atoms with Crippen molar-refractivity contribution in [1.82, 2.24) is 4.98 Å². The van der Waals surface area contributed by atoms with Crippen molar-refractivity contribution in [2.45, 2.75) is 19.9 Å². The van der Waals surface area contributed by atoms with E-state index in [0.29, 0.717) is 0 Å². The molecule has 1 aromatic carbocycles. The van der Waals surface area contributed by atoms with Gasteiger partial charge in [-0.3, -0.25) is 0 Å². The molecule has 3 N–H and O–H groups in total. The minimum Gasteiger partial charge on any atom is -0.356 e. The van der Waals surface area contributed by atoms with Gasteiger partial charge in [0.05, 0.1) is 5.52 Å². The molecular formula is C11H12BrClN2. The molecule has 2 nitrogen and oxygen atoms in total. The Labute approximate surface area is 102 Å². The summed E-state index contributed by atoms with van der Waals surface area (Å²) >= 11 is 9.62. The normalized spacial score (nSPS) is 13.4. The lowest BCUT2D eigenvalue weighted by Crippen LogP contribution is -2.05. The molecule has 0 fully saturated rings. The number of nitrogens with one attached hydrogen (secondary N) is 1. The van der Waals surface area contributed by atoms with Gasteiger partial charge in [-0.15, -0.1) is 0 Å². The summed E-state index contributed by atoms with van der Waals surface area (Å²) < 4.78 is 1.03. The third-order valence-electron chi connectivity index (χ3n) is 2.59. The van der Waals surface area contributed by atoms with E-state index in [1.807, 2.05) is 26.0 Å². The summed E-state index contributed by atoms with van der Waals surface area (Å²) in [6.07, 6.45) is 0. The van der Waals surface area contributed by atoms with Crippen LogP contribution in [0, 0.1) is 6.92 Å². The van der Waals surface area contributed by atoms with Crippen LogP contribution in [0.25, 0.3) is 10.9 Å². The Morgan fingerprint density at radius 2 is 2.13 bits per heavy atom. The average molecular weight is 288 g/mol. The number of benzene rings is 1. The number of rotatable bonds is 1. The third kappa shape index (κ3) is 1.69. The topological polar surface area (TPSA) is 41.8 Å². The summed E-state index contributed by atoms with van der Waals surface area (Å²) in [5, 5.41) is 1.90. The first-order valence-electron chi connectivity index (χ1n) is 4.74. The Balaban J connectivity index is 2.82. The highest BCUT2D eigenvalue weighted by Gasteiger charge is 2.14. The van der Waals surface area contributed by atoms with E-state index in [9.17, 15) is 0 Å². The molecule has 2 rings (SSSR count). The summed E-state index contributed by atoms with van der Waals surface area (Å²) in [6.45, 7) is 3.95. The van der Waals surface area contributed by atoms with Crippen LogP contribution < -0.4 is 5.73 Å². The second-order valence-electron chi connectivity index (χ2n) is 3.74. The van der Waals surface area contributed by atoms with Gasteiger partial charge in [0, 0.05) is 26.6 Å². The number of H-pyrrole nitrogens is 1. The first kappa shape index (κ1) is 11.0. The highest BCUT2D eigenvalue weighted by atomic mass is 79.9. The minimum atomic E-state index is -0.0232. The quantitative estimate of drug-likeness (QED) is 0.820. The van der Waals surface area contributed by atoms with Crippen molar-refractivity contribution in [2.75, 3.05) is 0 Å². The fraction of sp³-hybridized carbons (Fsp3) is 0.273. The molecule has 0 saturated carbocycles. The predicted molar refractivity (Wildman–Crippen MR) is 68.3 cm³/mol. The molecule has 1 atom stereocenters. The molecule has 0 aliphatic rings. The van der Waals surface area contributed by atoms with Crippen molar-refractivity contribution >= 4 is 38.4 Å². The van der Waals surface area contributed by atoms with Gasteiger partial charge in [-0.05, 0) is 41.4 Å². The van der Waals surface area contributed by atoms with Crippen molar-refractivity contribution in [3.05, 3.63) is 32.9 Å². The lowest BCUT2D eigenvalue weighted by atomic mass is 10.1. The van der Waals surface area contributed by atoms with E-state index < -0.39 is 0 Å². The first-order valence-corrected chi connectivity index (χ1v) is 5.91. The summed E-state index contributed by atoms with van der Waals surface area (Å²) in [5.41, 5.74) is 9.00. The molecule has 0 radical (unpaired) electrons. The Kier molecular flexibility index (Phi) is 2.79. The van der Waals surface area contributed by atoms with E-state index in [4.69, 9.17) is 17.3 Å². The van der Waals surface area contributed by atoms with E-state index in [1.54, 1.807) is 0 Å². The fourth-order valence-electron chi connectivity index (χ4n) is 1.68. The Morgan fingerprint density at radius 3 is 2.73 bits per heavy atom. The second kappa shape index (κ2) is 3.81. The van der Waals surface area contributed by atoms with Crippen LogP contribution in [-0.4, -0.2) is 4.98 Å². The zero-order valence-corrected chi connectivity index (χ0v) is 10.9. The lowest BCUT2D eigenvalue weighted by molar-refractivity contribution is 0.787. The average Bonchev–Trinajstić information content (AvgIpc) is 2.51. The standard InChI is InChI=1S/C11H12BrClN2/c1-5-8(13)4-3-7-9(12)11(6(2)14)15-10(5)7/h3-4,6,15H,14H2,1-2H3. The number of hydrogen-bond acceptors (Lipinski definition) is 1. The highest BCUT2D eigenvalue weighted by molar-refractivity contribution is 9.10. The van der Waals surface area contributed by atoms with Crippen molar-refractivity contribution < 1.29 is 0 Å². The summed E-state index contributed by atoms with van der Waals surface area (Å²) in [7, 11) is 0. The maximum absolute atomic E-state index is 6.06. The lowest BCUT2D eigenvalue weighted by Gasteiger charge is -2.01. The van der Waals surface area contributed by atoms with Crippen molar-refractivity contribution in [3.8, 4) is 0 Å².